The van der Waals surface area contributed by atoms with Crippen molar-refractivity contribution in [1.29, 1.82) is 0 Å². The summed E-state index contributed by atoms with van der Waals surface area (Å²) in [7, 11) is -2.34. The highest BCUT2D eigenvalue weighted by Gasteiger charge is 2.32. The third kappa shape index (κ3) is 4.29. The molecule has 1 fully saturated rings. The molecule has 144 valence electrons. The molecule has 0 spiro atoms. The zero-order chi connectivity index (χ0) is 19.5. The van der Waals surface area contributed by atoms with Crippen LogP contribution in [-0.4, -0.2) is 51.8 Å². The van der Waals surface area contributed by atoms with Crippen LogP contribution in [0, 0.1) is 0 Å². The SMILES string of the molecule is CN(c1ccccc1)S(=O)(=O)c1cccc(C(=O)NCC2(O)CCOC2)c1. The van der Waals surface area contributed by atoms with Crippen molar-refractivity contribution >= 4 is 21.6 Å². The van der Waals surface area contributed by atoms with E-state index in [1.165, 1.54) is 35.6 Å². The average molecular weight is 390 g/mol. The molecule has 1 atom stereocenters. The summed E-state index contributed by atoms with van der Waals surface area (Å²) < 4.78 is 32.0. The van der Waals surface area contributed by atoms with Crippen molar-refractivity contribution in [3.05, 3.63) is 60.2 Å². The Morgan fingerprint density at radius 2 is 1.96 bits per heavy atom. The topological polar surface area (TPSA) is 95.9 Å². The molecule has 0 aliphatic carbocycles. The van der Waals surface area contributed by atoms with Crippen molar-refractivity contribution in [2.24, 2.45) is 0 Å². The number of rotatable bonds is 6. The van der Waals surface area contributed by atoms with Crippen molar-refractivity contribution < 1.29 is 23.1 Å². The molecule has 0 bridgehead atoms. The van der Waals surface area contributed by atoms with Crippen LogP contribution < -0.4 is 9.62 Å². The predicted molar refractivity (Wildman–Crippen MR) is 101 cm³/mol. The molecule has 1 aliphatic heterocycles. The molecule has 3 rings (SSSR count). The standard InChI is InChI=1S/C19H22N2O5S/c1-21(16-7-3-2-4-8-16)27(24,25)17-9-5-6-15(12-17)18(22)20-13-19(23)10-11-26-14-19/h2-9,12,23H,10-11,13-14H2,1H3,(H,20,22). The van der Waals surface area contributed by atoms with E-state index >= 15 is 0 Å². The number of nitrogens with one attached hydrogen (secondary N) is 1. The minimum absolute atomic E-state index is 0.0180. The highest BCUT2D eigenvalue weighted by Crippen LogP contribution is 2.22. The number of nitrogens with zero attached hydrogens (tertiary/aromatic N) is 1. The number of amides is 1. The van der Waals surface area contributed by atoms with Gasteiger partial charge in [0.1, 0.15) is 5.60 Å². The lowest BCUT2D eigenvalue weighted by Gasteiger charge is -2.21. The number of carbonyl (C=O) groups is 1. The Bertz CT molecular complexity index is 909. The van der Waals surface area contributed by atoms with Gasteiger partial charge >= 0.3 is 0 Å². The maximum Gasteiger partial charge on any atom is 0.264 e. The third-order valence-corrected chi connectivity index (χ3v) is 6.32. The van der Waals surface area contributed by atoms with Crippen LogP contribution in [0.3, 0.4) is 0 Å². The third-order valence-electron chi connectivity index (χ3n) is 4.53. The molecule has 2 aromatic rings. The zero-order valence-electron chi connectivity index (χ0n) is 15.0. The van der Waals surface area contributed by atoms with Crippen LogP contribution in [0.2, 0.25) is 0 Å². The zero-order valence-corrected chi connectivity index (χ0v) is 15.8. The minimum atomic E-state index is -3.81. The van der Waals surface area contributed by atoms with Gasteiger partial charge in [0.25, 0.3) is 15.9 Å². The van der Waals surface area contributed by atoms with Crippen LogP contribution in [-0.2, 0) is 14.8 Å². The summed E-state index contributed by atoms with van der Waals surface area (Å²) in [5, 5.41) is 12.9. The molecule has 1 amide bonds. The van der Waals surface area contributed by atoms with Gasteiger partial charge in [0.05, 0.1) is 17.2 Å². The van der Waals surface area contributed by atoms with E-state index < -0.39 is 21.5 Å². The highest BCUT2D eigenvalue weighted by atomic mass is 32.2. The van der Waals surface area contributed by atoms with E-state index in [2.05, 4.69) is 5.32 Å². The fourth-order valence-corrected chi connectivity index (χ4v) is 4.06. The molecule has 27 heavy (non-hydrogen) atoms. The molecule has 2 N–H and O–H groups in total. The number of aliphatic hydroxyl groups is 1. The van der Waals surface area contributed by atoms with Gasteiger partial charge in [-0.15, -0.1) is 0 Å². The van der Waals surface area contributed by atoms with Gasteiger partial charge in [-0.25, -0.2) is 8.42 Å². The maximum atomic E-state index is 12.9. The Labute approximate surface area is 158 Å². The van der Waals surface area contributed by atoms with Crippen LogP contribution in [0.4, 0.5) is 5.69 Å². The summed E-state index contributed by atoms with van der Waals surface area (Å²) in [5.74, 6) is -0.449. The molecule has 1 heterocycles. The minimum Gasteiger partial charge on any atom is -0.386 e. The van der Waals surface area contributed by atoms with E-state index in [1.807, 2.05) is 0 Å². The largest absolute Gasteiger partial charge is 0.386 e. The van der Waals surface area contributed by atoms with E-state index in [0.717, 1.165) is 0 Å². The van der Waals surface area contributed by atoms with Gasteiger partial charge in [-0.3, -0.25) is 9.10 Å². The highest BCUT2D eigenvalue weighted by molar-refractivity contribution is 7.92. The normalized spacial score (nSPS) is 19.6. The summed E-state index contributed by atoms with van der Waals surface area (Å²) in [4.78, 5) is 12.4. The first-order valence-corrected chi connectivity index (χ1v) is 9.98. The fraction of sp³-hybridized carbons (Fsp3) is 0.316. The van der Waals surface area contributed by atoms with Gasteiger partial charge in [0.2, 0.25) is 0 Å². The number of sulfonamides is 1. The van der Waals surface area contributed by atoms with Gasteiger partial charge in [-0.2, -0.15) is 0 Å². The molecule has 7 nitrogen and oxygen atoms in total. The second-order valence-corrected chi connectivity index (χ2v) is 8.51. The number of hydrogen-bond acceptors (Lipinski definition) is 5. The van der Waals surface area contributed by atoms with Crippen LogP contribution in [0.25, 0.3) is 0 Å². The van der Waals surface area contributed by atoms with Crippen molar-refractivity contribution in [3.63, 3.8) is 0 Å². The Balaban J connectivity index is 1.77. The first-order valence-electron chi connectivity index (χ1n) is 8.54. The van der Waals surface area contributed by atoms with Crippen molar-refractivity contribution in [1.82, 2.24) is 5.32 Å². The predicted octanol–water partition coefficient (Wildman–Crippen LogP) is 1.39. The summed E-state index contributed by atoms with van der Waals surface area (Å²) >= 11 is 0. The molecule has 0 aromatic heterocycles. The first kappa shape index (κ1) is 19.3. The van der Waals surface area contributed by atoms with Crippen LogP contribution >= 0.6 is 0 Å². The van der Waals surface area contributed by atoms with E-state index in [4.69, 9.17) is 4.74 Å². The van der Waals surface area contributed by atoms with Crippen molar-refractivity contribution in [2.75, 3.05) is 31.1 Å². The number of ether oxygens (including phenoxy) is 1. The molecular weight excluding hydrogens is 368 g/mol. The second kappa shape index (κ2) is 7.67. The monoisotopic (exact) mass is 390 g/mol. The second-order valence-electron chi connectivity index (χ2n) is 6.55. The van der Waals surface area contributed by atoms with Crippen LogP contribution in [0.5, 0.6) is 0 Å². The Morgan fingerprint density at radius 3 is 2.63 bits per heavy atom. The number of hydrogen-bond donors (Lipinski definition) is 2. The molecule has 1 unspecified atom stereocenters. The fourth-order valence-electron chi connectivity index (χ4n) is 2.82. The number of anilines is 1. The van der Waals surface area contributed by atoms with Gasteiger partial charge in [0, 0.05) is 32.2 Å². The molecule has 0 saturated carbocycles. The van der Waals surface area contributed by atoms with Crippen molar-refractivity contribution in [3.8, 4) is 0 Å². The molecule has 1 aliphatic rings. The van der Waals surface area contributed by atoms with E-state index in [0.29, 0.717) is 18.7 Å². The smallest absolute Gasteiger partial charge is 0.264 e. The lowest BCUT2D eigenvalue weighted by atomic mass is 10.0. The van der Waals surface area contributed by atoms with Gasteiger partial charge in [-0.05, 0) is 30.3 Å². The molecule has 0 radical (unpaired) electrons. The quantitative estimate of drug-likeness (QED) is 0.777. The lowest BCUT2D eigenvalue weighted by Crippen LogP contribution is -2.43. The van der Waals surface area contributed by atoms with Crippen LogP contribution in [0.15, 0.2) is 59.5 Å². The van der Waals surface area contributed by atoms with E-state index in [9.17, 15) is 18.3 Å². The van der Waals surface area contributed by atoms with Gasteiger partial charge in [-0.1, -0.05) is 24.3 Å². The summed E-state index contributed by atoms with van der Waals surface area (Å²) in [6.45, 7) is 0.669. The Hall–Kier alpha value is -2.42. The maximum absolute atomic E-state index is 12.9. The lowest BCUT2D eigenvalue weighted by molar-refractivity contribution is 0.0264. The van der Waals surface area contributed by atoms with Crippen molar-refractivity contribution in [2.45, 2.75) is 16.9 Å². The number of para-hydroxylation sites is 1. The number of benzene rings is 2. The van der Waals surface area contributed by atoms with Gasteiger partial charge < -0.3 is 15.2 Å². The Kier molecular flexibility index (Phi) is 5.50. The molecular formula is C19H22N2O5S. The summed E-state index contributed by atoms with van der Waals surface area (Å²) in [5.41, 5.74) is -0.344. The van der Waals surface area contributed by atoms with E-state index in [-0.39, 0.29) is 23.6 Å². The average Bonchev–Trinajstić information content (AvgIpc) is 3.13. The molecule has 1 saturated heterocycles. The van der Waals surface area contributed by atoms with Crippen LogP contribution in [0.1, 0.15) is 16.8 Å². The molecule has 8 heteroatoms. The summed E-state index contributed by atoms with van der Waals surface area (Å²) in [6.07, 6.45) is 0.448. The first-order chi connectivity index (χ1) is 12.8. The van der Waals surface area contributed by atoms with Gasteiger partial charge in [0.15, 0.2) is 0 Å². The van der Waals surface area contributed by atoms with E-state index in [1.54, 1.807) is 30.3 Å². The summed E-state index contributed by atoms with van der Waals surface area (Å²) in [6, 6.07) is 14.5. The molecule has 2 aromatic carbocycles. The Morgan fingerprint density at radius 1 is 1.22 bits per heavy atom. The number of carbonyl (C=O) groups excluding carboxylic acids is 1.